The average molecular weight is 314 g/mol. The number of rotatable bonds is 9. The molecule has 0 fully saturated rings. The van der Waals surface area contributed by atoms with Crippen LogP contribution in [0.5, 0.6) is 0 Å². The number of nitrogens with one attached hydrogen (secondary N) is 2. The molecule has 0 bridgehead atoms. The molecule has 0 aliphatic rings. The molecule has 0 aliphatic heterocycles. The van der Waals surface area contributed by atoms with Gasteiger partial charge in [-0.15, -0.1) is 0 Å². The van der Waals surface area contributed by atoms with Gasteiger partial charge < -0.3 is 10.4 Å². The number of urea groups is 1. The van der Waals surface area contributed by atoms with Crippen LogP contribution in [-0.4, -0.2) is 33.4 Å². The molecule has 1 aromatic rings. The summed E-state index contributed by atoms with van der Waals surface area (Å²) in [6.45, 7) is 5.36. The minimum atomic E-state index is -1.05. The lowest BCUT2D eigenvalue weighted by Crippen LogP contribution is -2.32. The molecule has 7 nitrogen and oxygen atoms in total. The lowest BCUT2D eigenvalue weighted by Gasteiger charge is -2.05. The highest BCUT2D eigenvalue weighted by Crippen LogP contribution is 2.18. The van der Waals surface area contributed by atoms with Gasteiger partial charge in [0.1, 0.15) is 5.56 Å². The van der Waals surface area contributed by atoms with Crippen LogP contribution in [0.2, 0.25) is 0 Å². The Hall–Kier alpha value is -1.70. The Balaban J connectivity index is 2.57. The predicted octanol–water partition coefficient (Wildman–Crippen LogP) is 2.49. The molecule has 8 heteroatoms. The maximum Gasteiger partial charge on any atom is 0.340 e. The average Bonchev–Trinajstić information content (AvgIpc) is 2.86. The number of carbonyl (C=O) groups excluding carboxylic acids is 1. The van der Waals surface area contributed by atoms with Gasteiger partial charge in [0, 0.05) is 31.2 Å². The van der Waals surface area contributed by atoms with Gasteiger partial charge in [-0.1, -0.05) is 26.7 Å². The summed E-state index contributed by atoms with van der Waals surface area (Å²) in [5, 5.41) is 16.3. The second kappa shape index (κ2) is 9.28. The van der Waals surface area contributed by atoms with E-state index in [4.69, 9.17) is 5.11 Å². The number of aryl methyl sites for hydroxylation is 1. The number of aromatic carboxylic acids is 1. The Labute approximate surface area is 128 Å². The van der Waals surface area contributed by atoms with Crippen molar-refractivity contribution in [3.05, 3.63) is 11.8 Å². The van der Waals surface area contributed by atoms with E-state index in [-0.39, 0.29) is 11.6 Å². The highest BCUT2D eigenvalue weighted by molar-refractivity contribution is 7.98. The summed E-state index contributed by atoms with van der Waals surface area (Å²) in [6.07, 6.45) is 5.33. The van der Waals surface area contributed by atoms with E-state index in [0.717, 1.165) is 37.6 Å². The monoisotopic (exact) mass is 314 g/mol. The topological polar surface area (TPSA) is 96.3 Å². The van der Waals surface area contributed by atoms with Crippen molar-refractivity contribution in [3.63, 3.8) is 0 Å². The smallest absolute Gasteiger partial charge is 0.340 e. The molecule has 0 aliphatic carbocycles. The van der Waals surface area contributed by atoms with Crippen molar-refractivity contribution in [1.82, 2.24) is 19.8 Å². The van der Waals surface area contributed by atoms with E-state index in [0.29, 0.717) is 18.1 Å². The van der Waals surface area contributed by atoms with Gasteiger partial charge in [0.25, 0.3) is 0 Å². The van der Waals surface area contributed by atoms with Crippen molar-refractivity contribution in [2.75, 3.05) is 6.54 Å². The Kier molecular flexibility index (Phi) is 7.66. The van der Waals surface area contributed by atoms with Gasteiger partial charge in [-0.05, 0) is 12.8 Å². The number of nitrogens with zero attached hydrogens (tertiary/aromatic N) is 2. The molecule has 21 heavy (non-hydrogen) atoms. The van der Waals surface area contributed by atoms with Crippen molar-refractivity contribution < 1.29 is 14.7 Å². The lowest BCUT2D eigenvalue weighted by atomic mass is 10.3. The summed E-state index contributed by atoms with van der Waals surface area (Å²) in [7, 11) is 0. The number of carbonyl (C=O) groups is 2. The number of carboxylic acids is 1. The fourth-order valence-corrected chi connectivity index (χ4v) is 2.23. The minimum Gasteiger partial charge on any atom is -0.478 e. The molecule has 1 heterocycles. The summed E-state index contributed by atoms with van der Waals surface area (Å²) >= 11 is 0.921. The molecule has 3 N–H and O–H groups in total. The first-order valence-corrected chi connectivity index (χ1v) is 7.91. The van der Waals surface area contributed by atoms with Crippen LogP contribution in [0, 0.1) is 0 Å². The zero-order chi connectivity index (χ0) is 15.7. The Morgan fingerprint density at radius 3 is 2.67 bits per heavy atom. The molecular formula is C13H22N4O3S. The van der Waals surface area contributed by atoms with E-state index in [9.17, 15) is 9.59 Å². The minimum absolute atomic E-state index is 0.102. The van der Waals surface area contributed by atoms with Gasteiger partial charge in [0.15, 0.2) is 5.03 Å². The number of hydrogen-bond acceptors (Lipinski definition) is 4. The Morgan fingerprint density at radius 1 is 1.33 bits per heavy atom. The highest BCUT2D eigenvalue weighted by Gasteiger charge is 2.17. The third-order valence-corrected chi connectivity index (χ3v) is 3.54. The van der Waals surface area contributed by atoms with Crippen molar-refractivity contribution in [2.24, 2.45) is 0 Å². The van der Waals surface area contributed by atoms with Crippen molar-refractivity contribution in [3.8, 4) is 0 Å². The first-order chi connectivity index (χ1) is 10.1. The normalized spacial score (nSPS) is 10.4. The molecule has 0 saturated heterocycles. The molecule has 1 aromatic heterocycles. The fourth-order valence-electron chi connectivity index (χ4n) is 1.57. The van der Waals surface area contributed by atoms with E-state index in [1.54, 1.807) is 4.68 Å². The molecule has 1 rings (SSSR count). The summed E-state index contributed by atoms with van der Waals surface area (Å²) in [4.78, 5) is 22.7. The number of aromatic nitrogens is 2. The second-order valence-corrected chi connectivity index (χ2v) is 5.38. The SMILES string of the molecule is CCCCNC(=O)NSc1nn(CCCC)cc1C(=O)O. The van der Waals surface area contributed by atoms with Crippen molar-refractivity contribution in [2.45, 2.75) is 51.1 Å². The van der Waals surface area contributed by atoms with Crippen LogP contribution in [0.15, 0.2) is 11.2 Å². The Bertz CT molecular complexity index is 476. The van der Waals surface area contributed by atoms with Crippen molar-refractivity contribution in [1.29, 1.82) is 0 Å². The quantitative estimate of drug-likeness (QED) is 0.481. The molecule has 0 radical (unpaired) electrons. The third-order valence-electron chi connectivity index (χ3n) is 2.76. The molecule has 118 valence electrons. The van der Waals surface area contributed by atoms with Crippen molar-refractivity contribution >= 4 is 23.9 Å². The number of carboxylic acid groups (broad SMARTS) is 1. The molecule has 0 atom stereocenters. The van der Waals surface area contributed by atoms with Crippen LogP contribution < -0.4 is 10.0 Å². The summed E-state index contributed by atoms with van der Waals surface area (Å²) in [5.74, 6) is -1.05. The molecular weight excluding hydrogens is 292 g/mol. The largest absolute Gasteiger partial charge is 0.478 e. The number of unbranched alkanes of at least 4 members (excludes halogenated alkanes) is 2. The second-order valence-electron chi connectivity index (χ2n) is 4.58. The number of hydrogen-bond donors (Lipinski definition) is 3. The molecule has 2 amide bonds. The molecule has 0 aromatic carbocycles. The van der Waals surface area contributed by atoms with Gasteiger partial charge in [0.2, 0.25) is 0 Å². The zero-order valence-electron chi connectivity index (χ0n) is 12.4. The van der Waals surface area contributed by atoms with Crippen LogP contribution in [0.3, 0.4) is 0 Å². The van der Waals surface area contributed by atoms with Gasteiger partial charge in [-0.2, -0.15) is 5.10 Å². The van der Waals surface area contributed by atoms with Crippen LogP contribution in [0.1, 0.15) is 49.9 Å². The number of amides is 2. The Morgan fingerprint density at radius 2 is 2.05 bits per heavy atom. The van der Waals surface area contributed by atoms with E-state index in [1.807, 2.05) is 6.92 Å². The van der Waals surface area contributed by atoms with Gasteiger partial charge in [0.05, 0.1) is 0 Å². The van der Waals surface area contributed by atoms with Gasteiger partial charge in [-0.3, -0.25) is 9.40 Å². The predicted molar refractivity (Wildman–Crippen MR) is 81.4 cm³/mol. The fraction of sp³-hybridized carbons (Fsp3) is 0.615. The first kappa shape index (κ1) is 17.4. The van der Waals surface area contributed by atoms with Gasteiger partial charge >= 0.3 is 12.0 Å². The highest BCUT2D eigenvalue weighted by atomic mass is 32.2. The maximum absolute atomic E-state index is 11.5. The zero-order valence-corrected chi connectivity index (χ0v) is 13.2. The molecule has 0 spiro atoms. The third kappa shape index (κ3) is 6.07. The lowest BCUT2D eigenvalue weighted by molar-refractivity contribution is 0.0693. The summed E-state index contributed by atoms with van der Waals surface area (Å²) < 4.78 is 4.15. The van der Waals surface area contributed by atoms with Crippen LogP contribution in [0.4, 0.5) is 4.79 Å². The van der Waals surface area contributed by atoms with E-state index in [1.165, 1.54) is 6.20 Å². The standard InChI is InChI=1S/C13H22N4O3S/c1-3-5-7-14-13(20)16-21-11-10(12(18)19)9-17(15-11)8-6-4-2/h9H,3-8H2,1-2H3,(H,18,19)(H2,14,16,20). The van der Waals surface area contributed by atoms with E-state index >= 15 is 0 Å². The molecule has 0 unspecified atom stereocenters. The summed E-state index contributed by atoms with van der Waals surface area (Å²) in [6, 6.07) is -0.340. The molecule has 0 saturated carbocycles. The summed E-state index contributed by atoms with van der Waals surface area (Å²) in [5.41, 5.74) is 0.102. The van der Waals surface area contributed by atoms with E-state index in [2.05, 4.69) is 22.1 Å². The van der Waals surface area contributed by atoms with Crippen LogP contribution in [0.25, 0.3) is 0 Å². The van der Waals surface area contributed by atoms with Crippen LogP contribution >= 0.6 is 11.9 Å². The van der Waals surface area contributed by atoms with Gasteiger partial charge in [-0.25, -0.2) is 9.59 Å². The van der Waals surface area contributed by atoms with Crippen LogP contribution in [-0.2, 0) is 6.54 Å². The first-order valence-electron chi connectivity index (χ1n) is 7.09. The maximum atomic E-state index is 11.5. The van der Waals surface area contributed by atoms with E-state index < -0.39 is 5.97 Å².